The molecule has 1 aromatic carbocycles. The number of nitrogens with zero attached hydrogens (tertiary/aromatic N) is 2. The van der Waals surface area contributed by atoms with Gasteiger partial charge in [-0.2, -0.15) is 0 Å². The van der Waals surface area contributed by atoms with Gasteiger partial charge in [-0.15, -0.1) is 0 Å². The van der Waals surface area contributed by atoms with E-state index < -0.39 is 5.82 Å². The van der Waals surface area contributed by atoms with Gasteiger partial charge in [0.25, 0.3) is 0 Å². The molecular weight excluding hydrogens is 235 g/mol. The van der Waals surface area contributed by atoms with E-state index in [-0.39, 0.29) is 5.75 Å². The number of halogens is 1. The van der Waals surface area contributed by atoms with Gasteiger partial charge in [-0.05, 0) is 26.0 Å². The smallest absolute Gasteiger partial charge is 0.219 e. The van der Waals surface area contributed by atoms with Gasteiger partial charge in [0.2, 0.25) is 6.41 Å². The van der Waals surface area contributed by atoms with Crippen LogP contribution in [-0.4, -0.2) is 19.9 Å². The first kappa shape index (κ1) is 13.9. The van der Waals surface area contributed by atoms with Crippen LogP contribution < -0.4 is 9.64 Å². The van der Waals surface area contributed by atoms with Crippen molar-refractivity contribution in [3.8, 4) is 5.75 Å². The van der Waals surface area contributed by atoms with Crippen molar-refractivity contribution in [2.75, 3.05) is 12.0 Å². The molecule has 0 radical (unpaired) electrons. The van der Waals surface area contributed by atoms with Crippen LogP contribution in [-0.2, 0) is 4.79 Å². The summed E-state index contributed by atoms with van der Waals surface area (Å²) in [7, 11) is 1.38. The minimum atomic E-state index is -0.530. The van der Waals surface area contributed by atoms with Crippen molar-refractivity contribution < 1.29 is 13.9 Å². The maximum absolute atomic E-state index is 13.5. The van der Waals surface area contributed by atoms with Crippen LogP contribution in [0.2, 0.25) is 0 Å². The number of rotatable bonds is 5. The molecule has 18 heavy (non-hydrogen) atoms. The van der Waals surface area contributed by atoms with E-state index in [9.17, 15) is 9.18 Å². The molecule has 0 aliphatic heterocycles. The monoisotopic (exact) mass is 250 g/mol. The standard InChI is InChI=1S/C13H15FN2O2/c1-4-10(2)15-8-16(9-17)11-5-6-13(18-3)12(14)7-11/h4-9H,1-3H3/b10-4-,15-8?. The zero-order valence-electron chi connectivity index (χ0n) is 10.6. The zero-order valence-corrected chi connectivity index (χ0v) is 10.6. The van der Waals surface area contributed by atoms with Crippen LogP contribution in [0, 0.1) is 5.82 Å². The van der Waals surface area contributed by atoms with Crippen molar-refractivity contribution in [3.63, 3.8) is 0 Å². The molecule has 96 valence electrons. The Kier molecular flexibility index (Phi) is 5.05. The number of anilines is 1. The molecule has 0 bridgehead atoms. The lowest BCUT2D eigenvalue weighted by Crippen LogP contribution is -2.18. The maximum atomic E-state index is 13.5. The average molecular weight is 250 g/mol. The molecule has 5 heteroatoms. The van der Waals surface area contributed by atoms with Crippen molar-refractivity contribution in [3.05, 3.63) is 35.8 Å². The largest absolute Gasteiger partial charge is 0.494 e. The van der Waals surface area contributed by atoms with Gasteiger partial charge in [0.05, 0.1) is 12.8 Å². The maximum Gasteiger partial charge on any atom is 0.219 e. The summed E-state index contributed by atoms with van der Waals surface area (Å²) in [5, 5.41) is 0. The first-order valence-corrected chi connectivity index (χ1v) is 5.36. The van der Waals surface area contributed by atoms with Crippen LogP contribution in [0.1, 0.15) is 13.8 Å². The quantitative estimate of drug-likeness (QED) is 0.458. The van der Waals surface area contributed by atoms with Crippen LogP contribution in [0.5, 0.6) is 5.75 Å². The first-order chi connectivity index (χ1) is 8.62. The Labute approximate surface area is 105 Å². The Hall–Kier alpha value is -2.17. The van der Waals surface area contributed by atoms with Gasteiger partial charge in [-0.3, -0.25) is 9.69 Å². The summed E-state index contributed by atoms with van der Waals surface area (Å²) in [5.41, 5.74) is 1.15. The highest BCUT2D eigenvalue weighted by molar-refractivity contribution is 5.97. The normalized spacial score (nSPS) is 11.7. The van der Waals surface area contributed by atoms with Crippen molar-refractivity contribution in [1.29, 1.82) is 0 Å². The lowest BCUT2D eigenvalue weighted by molar-refractivity contribution is -0.106. The number of benzene rings is 1. The molecule has 0 aromatic heterocycles. The summed E-state index contributed by atoms with van der Waals surface area (Å²) in [6.45, 7) is 3.64. The second-order valence-corrected chi connectivity index (χ2v) is 3.51. The molecule has 0 unspecified atom stereocenters. The summed E-state index contributed by atoms with van der Waals surface area (Å²) in [4.78, 5) is 16.2. The number of methoxy groups -OCH3 is 1. The van der Waals surface area contributed by atoms with Crippen LogP contribution in [0.4, 0.5) is 10.1 Å². The second kappa shape index (κ2) is 6.54. The highest BCUT2D eigenvalue weighted by atomic mass is 19.1. The molecule has 0 fully saturated rings. The van der Waals surface area contributed by atoms with E-state index in [1.165, 1.54) is 30.5 Å². The highest BCUT2D eigenvalue weighted by Crippen LogP contribution is 2.22. The fraction of sp³-hybridized carbons (Fsp3) is 0.231. The van der Waals surface area contributed by atoms with Gasteiger partial charge >= 0.3 is 0 Å². The summed E-state index contributed by atoms with van der Waals surface area (Å²) in [6, 6.07) is 4.25. The van der Waals surface area contributed by atoms with E-state index in [0.29, 0.717) is 12.1 Å². The third kappa shape index (κ3) is 3.41. The predicted molar refractivity (Wildman–Crippen MR) is 69.4 cm³/mol. The van der Waals surface area contributed by atoms with E-state index in [2.05, 4.69) is 4.99 Å². The molecule has 1 amide bonds. The summed E-state index contributed by atoms with van der Waals surface area (Å²) < 4.78 is 18.3. The minimum Gasteiger partial charge on any atom is -0.494 e. The van der Waals surface area contributed by atoms with Crippen LogP contribution in [0.3, 0.4) is 0 Å². The average Bonchev–Trinajstić information content (AvgIpc) is 2.39. The van der Waals surface area contributed by atoms with Gasteiger partial charge in [-0.1, -0.05) is 6.08 Å². The third-order valence-electron chi connectivity index (χ3n) is 2.35. The Morgan fingerprint density at radius 2 is 2.22 bits per heavy atom. The number of hydrogen-bond donors (Lipinski definition) is 0. The van der Waals surface area contributed by atoms with E-state index in [1.807, 2.05) is 6.92 Å². The van der Waals surface area contributed by atoms with E-state index in [1.54, 1.807) is 19.1 Å². The molecule has 0 aliphatic carbocycles. The van der Waals surface area contributed by atoms with Crippen molar-refractivity contribution >= 4 is 18.4 Å². The molecule has 0 saturated heterocycles. The van der Waals surface area contributed by atoms with Crippen LogP contribution >= 0.6 is 0 Å². The Balaban J connectivity index is 2.99. The topological polar surface area (TPSA) is 41.9 Å². The molecule has 0 spiro atoms. The lowest BCUT2D eigenvalue weighted by atomic mass is 10.3. The number of allylic oxidation sites excluding steroid dienone is 2. The SMILES string of the molecule is C/C=C(/C)N=CN(C=O)c1ccc(OC)c(F)c1. The van der Waals surface area contributed by atoms with Gasteiger partial charge in [-0.25, -0.2) is 9.38 Å². The number of ether oxygens (including phenoxy) is 1. The van der Waals surface area contributed by atoms with Crippen molar-refractivity contribution in [1.82, 2.24) is 0 Å². The first-order valence-electron chi connectivity index (χ1n) is 5.36. The lowest BCUT2D eigenvalue weighted by Gasteiger charge is -2.12. The third-order valence-corrected chi connectivity index (χ3v) is 2.35. The molecule has 0 aliphatic rings. The predicted octanol–water partition coefficient (Wildman–Crippen LogP) is 2.75. The van der Waals surface area contributed by atoms with Crippen molar-refractivity contribution in [2.45, 2.75) is 13.8 Å². The summed E-state index contributed by atoms with van der Waals surface area (Å²) >= 11 is 0. The number of amides is 1. The molecule has 1 aromatic rings. The fourth-order valence-corrected chi connectivity index (χ4v) is 1.20. The molecule has 0 saturated carbocycles. The fourth-order valence-electron chi connectivity index (χ4n) is 1.20. The van der Waals surface area contributed by atoms with Crippen LogP contribution in [0.15, 0.2) is 35.0 Å². The minimum absolute atomic E-state index is 0.131. The molecule has 0 N–H and O–H groups in total. The Morgan fingerprint density at radius 1 is 1.50 bits per heavy atom. The molecule has 0 heterocycles. The van der Waals surface area contributed by atoms with Gasteiger partial charge in [0, 0.05) is 11.8 Å². The van der Waals surface area contributed by atoms with E-state index in [0.717, 1.165) is 5.70 Å². The van der Waals surface area contributed by atoms with Gasteiger partial charge < -0.3 is 4.74 Å². The zero-order chi connectivity index (χ0) is 13.5. The summed E-state index contributed by atoms with van der Waals surface area (Å²) in [6.07, 6.45) is 3.70. The molecule has 1 rings (SSSR count). The number of aliphatic imine (C=N–C) groups is 1. The number of carbonyl (C=O) groups excluding carboxylic acids is 1. The molecule has 4 nitrogen and oxygen atoms in total. The number of carbonyl (C=O) groups is 1. The Morgan fingerprint density at radius 3 is 2.72 bits per heavy atom. The molecular formula is C13H15FN2O2. The van der Waals surface area contributed by atoms with Gasteiger partial charge in [0.1, 0.15) is 6.34 Å². The second-order valence-electron chi connectivity index (χ2n) is 3.51. The van der Waals surface area contributed by atoms with Gasteiger partial charge in [0.15, 0.2) is 11.6 Å². The van der Waals surface area contributed by atoms with E-state index >= 15 is 0 Å². The Bertz CT molecular complexity index is 484. The van der Waals surface area contributed by atoms with E-state index in [4.69, 9.17) is 4.74 Å². The van der Waals surface area contributed by atoms with Crippen molar-refractivity contribution in [2.24, 2.45) is 4.99 Å². The highest BCUT2D eigenvalue weighted by Gasteiger charge is 2.07. The molecule has 0 atom stereocenters. The van der Waals surface area contributed by atoms with Crippen LogP contribution in [0.25, 0.3) is 0 Å². The number of hydrogen-bond acceptors (Lipinski definition) is 3. The summed E-state index contributed by atoms with van der Waals surface area (Å²) in [5.74, 6) is -0.399.